The Morgan fingerprint density at radius 3 is 2.95 bits per heavy atom. The summed E-state index contributed by atoms with van der Waals surface area (Å²) < 4.78 is 5.73. The summed E-state index contributed by atoms with van der Waals surface area (Å²) in [7, 11) is 0. The second-order valence-electron chi connectivity index (χ2n) is 4.54. The second kappa shape index (κ2) is 5.05. The van der Waals surface area contributed by atoms with Gasteiger partial charge < -0.3 is 9.64 Å². The van der Waals surface area contributed by atoms with E-state index in [4.69, 9.17) is 4.74 Å². The van der Waals surface area contributed by atoms with Gasteiger partial charge in [0.1, 0.15) is 12.4 Å². The molecule has 1 aliphatic heterocycles. The Bertz CT molecular complexity index is 580. The quantitative estimate of drug-likeness (QED) is 0.797. The maximum absolute atomic E-state index is 12.5. The van der Waals surface area contributed by atoms with Crippen molar-refractivity contribution in [2.24, 2.45) is 0 Å². The van der Waals surface area contributed by atoms with Crippen LogP contribution < -0.4 is 4.74 Å². The minimum Gasteiger partial charge on any atom is -0.491 e. The molecule has 0 saturated carbocycles. The van der Waals surface area contributed by atoms with Crippen molar-refractivity contribution in [3.8, 4) is 5.75 Å². The summed E-state index contributed by atoms with van der Waals surface area (Å²) >= 11 is 1.48. The van der Waals surface area contributed by atoms with Crippen molar-refractivity contribution < 1.29 is 9.53 Å². The Kier molecular flexibility index (Phi) is 3.25. The maximum atomic E-state index is 12.5. The van der Waals surface area contributed by atoms with Gasteiger partial charge in [-0.25, -0.2) is 0 Å². The Hall–Kier alpha value is -1.81. The smallest absolute Gasteiger partial charge is 0.264 e. The van der Waals surface area contributed by atoms with Crippen molar-refractivity contribution >= 4 is 17.2 Å². The first-order valence-electron chi connectivity index (χ1n) is 6.33. The zero-order valence-corrected chi connectivity index (χ0v) is 11.5. The zero-order chi connectivity index (χ0) is 13.2. The van der Waals surface area contributed by atoms with E-state index < -0.39 is 0 Å². The summed E-state index contributed by atoms with van der Waals surface area (Å²) in [5.41, 5.74) is 1.07. The molecule has 1 amide bonds. The van der Waals surface area contributed by atoms with Crippen LogP contribution in [-0.4, -0.2) is 24.0 Å². The van der Waals surface area contributed by atoms with Gasteiger partial charge in [-0.15, -0.1) is 11.3 Å². The second-order valence-corrected chi connectivity index (χ2v) is 5.49. The predicted octanol–water partition coefficient (Wildman–Crippen LogP) is 3.34. The lowest BCUT2D eigenvalue weighted by Gasteiger charge is -2.26. The fraction of sp³-hybridized carbons (Fsp3) is 0.267. The number of fused-ring (bicyclic) bond motifs is 1. The molecule has 1 atom stereocenters. The van der Waals surface area contributed by atoms with E-state index >= 15 is 0 Å². The Morgan fingerprint density at radius 2 is 2.16 bits per heavy atom. The summed E-state index contributed by atoms with van der Waals surface area (Å²) in [5, 5.41) is 1.93. The lowest BCUT2D eigenvalue weighted by molar-refractivity contribution is 0.0687. The van der Waals surface area contributed by atoms with E-state index in [0.29, 0.717) is 13.2 Å². The highest BCUT2D eigenvalue weighted by Crippen LogP contribution is 2.32. The van der Waals surface area contributed by atoms with E-state index in [2.05, 4.69) is 6.92 Å². The predicted molar refractivity (Wildman–Crippen MR) is 75.7 cm³/mol. The van der Waals surface area contributed by atoms with Crippen molar-refractivity contribution in [1.29, 1.82) is 0 Å². The molecule has 0 spiro atoms. The number of rotatable bonds is 1. The van der Waals surface area contributed by atoms with Gasteiger partial charge in [0, 0.05) is 5.56 Å². The van der Waals surface area contributed by atoms with Gasteiger partial charge in [0.2, 0.25) is 0 Å². The monoisotopic (exact) mass is 273 g/mol. The minimum atomic E-state index is 0.0355. The molecule has 0 saturated heterocycles. The molecule has 98 valence electrons. The summed E-state index contributed by atoms with van der Waals surface area (Å²) in [4.78, 5) is 15.2. The average molecular weight is 273 g/mol. The van der Waals surface area contributed by atoms with Crippen molar-refractivity contribution in [2.75, 3.05) is 13.2 Å². The minimum absolute atomic E-state index is 0.0355. The first-order valence-corrected chi connectivity index (χ1v) is 7.21. The molecule has 0 radical (unpaired) electrons. The van der Waals surface area contributed by atoms with Gasteiger partial charge in [-0.05, 0) is 24.4 Å². The molecule has 19 heavy (non-hydrogen) atoms. The molecule has 0 N–H and O–H groups in total. The first-order chi connectivity index (χ1) is 9.27. The van der Waals surface area contributed by atoms with Crippen LogP contribution in [0.3, 0.4) is 0 Å². The van der Waals surface area contributed by atoms with Crippen LogP contribution in [0, 0.1) is 0 Å². The van der Waals surface area contributed by atoms with Crippen LogP contribution in [0.15, 0.2) is 41.8 Å². The van der Waals surface area contributed by atoms with Gasteiger partial charge in [-0.3, -0.25) is 4.79 Å². The van der Waals surface area contributed by atoms with Crippen molar-refractivity contribution in [3.05, 3.63) is 52.2 Å². The van der Waals surface area contributed by atoms with Crippen LogP contribution in [0.25, 0.3) is 0 Å². The highest BCUT2D eigenvalue weighted by Gasteiger charge is 2.27. The van der Waals surface area contributed by atoms with Crippen LogP contribution >= 0.6 is 11.3 Å². The van der Waals surface area contributed by atoms with Crippen LogP contribution in [0.1, 0.15) is 28.2 Å². The third-order valence-electron chi connectivity index (χ3n) is 3.42. The average Bonchev–Trinajstić information content (AvgIpc) is 2.91. The highest BCUT2D eigenvalue weighted by atomic mass is 32.1. The molecule has 0 aliphatic carbocycles. The Labute approximate surface area is 116 Å². The number of carbonyl (C=O) groups excluding carboxylic acids is 1. The van der Waals surface area contributed by atoms with Crippen LogP contribution in [0.5, 0.6) is 5.75 Å². The number of nitrogens with zero attached hydrogens (tertiary/aromatic N) is 1. The Morgan fingerprint density at radius 1 is 1.32 bits per heavy atom. The van der Waals surface area contributed by atoms with E-state index in [9.17, 15) is 4.79 Å². The molecular formula is C15H15NO2S. The SMILES string of the molecule is CC1c2ccccc2OCCN1C(=O)c1cccs1. The molecule has 0 fully saturated rings. The third kappa shape index (κ3) is 2.24. The first kappa shape index (κ1) is 12.2. The number of amides is 1. The van der Waals surface area contributed by atoms with E-state index in [-0.39, 0.29) is 11.9 Å². The standard InChI is InChI=1S/C15H15NO2S/c1-11-12-5-2-3-6-13(12)18-9-8-16(11)15(17)14-7-4-10-19-14/h2-7,10-11H,8-9H2,1H3. The summed E-state index contributed by atoms with van der Waals surface area (Å²) in [6, 6.07) is 11.8. The normalized spacial score (nSPS) is 18.4. The number of ether oxygens (including phenoxy) is 1. The summed E-state index contributed by atoms with van der Waals surface area (Å²) in [6.07, 6.45) is 0. The van der Waals surface area contributed by atoms with E-state index in [1.807, 2.05) is 46.7 Å². The molecule has 2 heterocycles. The van der Waals surface area contributed by atoms with E-state index in [1.54, 1.807) is 0 Å². The molecule has 3 nitrogen and oxygen atoms in total. The van der Waals surface area contributed by atoms with E-state index in [1.165, 1.54) is 11.3 Å². The van der Waals surface area contributed by atoms with Crippen LogP contribution in [0.2, 0.25) is 0 Å². The van der Waals surface area contributed by atoms with Gasteiger partial charge >= 0.3 is 0 Å². The van der Waals surface area contributed by atoms with Crippen LogP contribution in [-0.2, 0) is 0 Å². The topological polar surface area (TPSA) is 29.5 Å². The molecule has 4 heteroatoms. The number of benzene rings is 1. The molecule has 0 bridgehead atoms. The summed E-state index contributed by atoms with van der Waals surface area (Å²) in [6.45, 7) is 3.21. The molecule has 3 rings (SSSR count). The van der Waals surface area contributed by atoms with Gasteiger partial charge in [-0.1, -0.05) is 24.3 Å². The number of thiophene rings is 1. The van der Waals surface area contributed by atoms with Crippen LogP contribution in [0.4, 0.5) is 0 Å². The van der Waals surface area contributed by atoms with Gasteiger partial charge in [0.15, 0.2) is 0 Å². The number of para-hydroxylation sites is 1. The molecule has 1 aromatic heterocycles. The van der Waals surface area contributed by atoms with Gasteiger partial charge in [0.25, 0.3) is 5.91 Å². The number of carbonyl (C=O) groups is 1. The lowest BCUT2D eigenvalue weighted by Crippen LogP contribution is -2.34. The Balaban J connectivity index is 1.94. The fourth-order valence-electron chi connectivity index (χ4n) is 2.39. The molecule has 1 aliphatic rings. The van der Waals surface area contributed by atoms with Gasteiger partial charge in [-0.2, -0.15) is 0 Å². The largest absolute Gasteiger partial charge is 0.491 e. The third-order valence-corrected chi connectivity index (χ3v) is 4.28. The lowest BCUT2D eigenvalue weighted by atomic mass is 10.1. The zero-order valence-electron chi connectivity index (χ0n) is 10.7. The van der Waals surface area contributed by atoms with E-state index in [0.717, 1.165) is 16.2 Å². The molecule has 1 aromatic carbocycles. The van der Waals surface area contributed by atoms with Crippen molar-refractivity contribution in [1.82, 2.24) is 4.90 Å². The highest BCUT2D eigenvalue weighted by molar-refractivity contribution is 7.12. The van der Waals surface area contributed by atoms with Crippen molar-refractivity contribution in [3.63, 3.8) is 0 Å². The number of hydrogen-bond acceptors (Lipinski definition) is 3. The van der Waals surface area contributed by atoms with Gasteiger partial charge in [0.05, 0.1) is 17.5 Å². The molecule has 2 aromatic rings. The maximum Gasteiger partial charge on any atom is 0.264 e. The number of hydrogen-bond donors (Lipinski definition) is 0. The summed E-state index contributed by atoms with van der Waals surface area (Å²) in [5.74, 6) is 0.972. The van der Waals surface area contributed by atoms with Crippen molar-refractivity contribution in [2.45, 2.75) is 13.0 Å². The fourth-order valence-corrected chi connectivity index (χ4v) is 3.07. The molecular weight excluding hydrogens is 258 g/mol. The molecule has 1 unspecified atom stereocenters.